The van der Waals surface area contributed by atoms with Gasteiger partial charge in [0.2, 0.25) is 0 Å². The van der Waals surface area contributed by atoms with Crippen LogP contribution in [0, 0.1) is 0 Å². The van der Waals surface area contributed by atoms with Crippen molar-refractivity contribution in [3.05, 3.63) is 33.8 Å². The van der Waals surface area contributed by atoms with Gasteiger partial charge in [0.25, 0.3) is 0 Å². The average Bonchev–Trinajstić information content (AvgIpc) is 2.38. The Morgan fingerprint density at radius 1 is 1.37 bits per heavy atom. The van der Waals surface area contributed by atoms with E-state index in [2.05, 4.69) is 18.7 Å². The van der Waals surface area contributed by atoms with E-state index in [1.165, 1.54) is 0 Å². The standard InChI is InChI=1S/C14H20Cl2N2O/c1-9-8-19-10(2)7-18(9)14(6-17)11-3-4-12(15)13(16)5-11/h3-5,9-10,14H,6-8,17H2,1-2H3. The molecule has 3 atom stereocenters. The Bertz CT molecular complexity index is 441. The molecule has 2 rings (SSSR count). The van der Waals surface area contributed by atoms with Gasteiger partial charge in [0.1, 0.15) is 0 Å². The van der Waals surface area contributed by atoms with Crippen LogP contribution in [-0.2, 0) is 4.74 Å². The molecule has 3 nitrogen and oxygen atoms in total. The molecule has 1 aliphatic rings. The molecule has 2 N–H and O–H groups in total. The van der Waals surface area contributed by atoms with Crippen molar-refractivity contribution in [1.29, 1.82) is 0 Å². The molecular formula is C14H20Cl2N2O. The van der Waals surface area contributed by atoms with Gasteiger partial charge < -0.3 is 10.5 Å². The van der Waals surface area contributed by atoms with Crippen LogP contribution in [0.5, 0.6) is 0 Å². The normalized spacial score (nSPS) is 26.4. The van der Waals surface area contributed by atoms with E-state index in [1.54, 1.807) is 0 Å². The van der Waals surface area contributed by atoms with Crippen molar-refractivity contribution >= 4 is 23.2 Å². The molecule has 1 saturated heterocycles. The lowest BCUT2D eigenvalue weighted by molar-refractivity contribution is -0.0653. The second-order valence-electron chi connectivity index (χ2n) is 5.11. The predicted molar refractivity (Wildman–Crippen MR) is 79.8 cm³/mol. The summed E-state index contributed by atoms with van der Waals surface area (Å²) in [6, 6.07) is 6.24. The van der Waals surface area contributed by atoms with Crippen molar-refractivity contribution in [3.8, 4) is 0 Å². The van der Waals surface area contributed by atoms with Crippen molar-refractivity contribution in [2.75, 3.05) is 19.7 Å². The SMILES string of the molecule is CC1CN(C(CN)c2ccc(Cl)c(Cl)c2)C(C)CO1. The minimum Gasteiger partial charge on any atom is -0.376 e. The zero-order valence-electron chi connectivity index (χ0n) is 11.3. The Labute approximate surface area is 124 Å². The second kappa shape index (κ2) is 6.42. The van der Waals surface area contributed by atoms with Crippen LogP contribution in [0.15, 0.2) is 18.2 Å². The van der Waals surface area contributed by atoms with Gasteiger partial charge in [-0.05, 0) is 31.5 Å². The van der Waals surface area contributed by atoms with Crippen LogP contribution < -0.4 is 5.73 Å². The first-order valence-electron chi connectivity index (χ1n) is 6.55. The summed E-state index contributed by atoms with van der Waals surface area (Å²) in [5, 5.41) is 1.15. The van der Waals surface area contributed by atoms with Gasteiger partial charge in [-0.25, -0.2) is 0 Å². The Kier molecular flexibility index (Phi) is 5.09. The van der Waals surface area contributed by atoms with Gasteiger partial charge in [-0.3, -0.25) is 4.90 Å². The first kappa shape index (κ1) is 15.1. The molecule has 0 aliphatic carbocycles. The fourth-order valence-electron chi connectivity index (χ4n) is 2.55. The Morgan fingerprint density at radius 3 is 2.74 bits per heavy atom. The third kappa shape index (κ3) is 3.41. The van der Waals surface area contributed by atoms with E-state index in [4.69, 9.17) is 33.7 Å². The van der Waals surface area contributed by atoms with Crippen molar-refractivity contribution in [2.24, 2.45) is 5.73 Å². The van der Waals surface area contributed by atoms with Gasteiger partial charge in [-0.1, -0.05) is 29.3 Å². The maximum Gasteiger partial charge on any atom is 0.0675 e. The van der Waals surface area contributed by atoms with E-state index in [0.29, 0.717) is 22.6 Å². The molecule has 1 heterocycles. The van der Waals surface area contributed by atoms with Crippen LogP contribution >= 0.6 is 23.2 Å². The Morgan fingerprint density at radius 2 is 2.11 bits per heavy atom. The second-order valence-corrected chi connectivity index (χ2v) is 5.93. The highest BCUT2D eigenvalue weighted by Crippen LogP contribution is 2.30. The molecule has 1 fully saturated rings. The number of benzene rings is 1. The van der Waals surface area contributed by atoms with Gasteiger partial charge in [0, 0.05) is 25.2 Å². The summed E-state index contributed by atoms with van der Waals surface area (Å²) >= 11 is 12.1. The number of hydrogen-bond donors (Lipinski definition) is 1. The number of halogens is 2. The first-order valence-corrected chi connectivity index (χ1v) is 7.31. The average molecular weight is 303 g/mol. The zero-order chi connectivity index (χ0) is 14.0. The minimum atomic E-state index is 0.149. The van der Waals surface area contributed by atoms with Crippen LogP contribution in [-0.4, -0.2) is 36.7 Å². The maximum absolute atomic E-state index is 6.10. The largest absolute Gasteiger partial charge is 0.376 e. The van der Waals surface area contributed by atoms with E-state index < -0.39 is 0 Å². The molecule has 1 aromatic carbocycles. The Balaban J connectivity index is 2.25. The quantitative estimate of drug-likeness (QED) is 0.932. The summed E-state index contributed by atoms with van der Waals surface area (Å²) in [6.07, 6.45) is 0.230. The molecule has 1 aromatic rings. The highest BCUT2D eigenvalue weighted by molar-refractivity contribution is 6.42. The van der Waals surface area contributed by atoms with E-state index >= 15 is 0 Å². The predicted octanol–water partition coefficient (Wildman–Crippen LogP) is 3.10. The Hall–Kier alpha value is -0.320. The summed E-state index contributed by atoms with van der Waals surface area (Å²) in [4.78, 5) is 2.38. The van der Waals surface area contributed by atoms with E-state index in [9.17, 15) is 0 Å². The van der Waals surface area contributed by atoms with Gasteiger partial charge in [0.15, 0.2) is 0 Å². The third-order valence-electron chi connectivity index (χ3n) is 3.61. The lowest BCUT2D eigenvalue weighted by Gasteiger charge is -2.41. The van der Waals surface area contributed by atoms with E-state index in [0.717, 1.165) is 18.7 Å². The minimum absolute atomic E-state index is 0.149. The van der Waals surface area contributed by atoms with E-state index in [1.807, 2.05) is 18.2 Å². The van der Waals surface area contributed by atoms with Crippen LogP contribution in [0.4, 0.5) is 0 Å². The number of ether oxygens (including phenoxy) is 1. The molecule has 106 valence electrons. The summed E-state index contributed by atoms with van der Waals surface area (Å²) in [5.74, 6) is 0. The van der Waals surface area contributed by atoms with Crippen molar-refractivity contribution in [2.45, 2.75) is 32.0 Å². The smallest absolute Gasteiger partial charge is 0.0675 e. The molecule has 3 unspecified atom stereocenters. The molecule has 0 bridgehead atoms. The number of hydrogen-bond acceptors (Lipinski definition) is 3. The van der Waals surface area contributed by atoms with Crippen LogP contribution in [0.1, 0.15) is 25.5 Å². The fourth-order valence-corrected chi connectivity index (χ4v) is 2.85. The first-order chi connectivity index (χ1) is 9.02. The molecule has 0 spiro atoms. The zero-order valence-corrected chi connectivity index (χ0v) is 12.8. The van der Waals surface area contributed by atoms with Gasteiger partial charge >= 0.3 is 0 Å². The third-order valence-corrected chi connectivity index (χ3v) is 4.35. The lowest BCUT2D eigenvalue weighted by Crippen LogP contribution is -2.50. The molecule has 0 amide bonds. The highest BCUT2D eigenvalue weighted by atomic mass is 35.5. The van der Waals surface area contributed by atoms with Crippen LogP contribution in [0.2, 0.25) is 10.0 Å². The number of nitrogens with two attached hydrogens (primary N) is 1. The summed E-state index contributed by atoms with van der Waals surface area (Å²) in [7, 11) is 0. The number of rotatable bonds is 3. The molecular weight excluding hydrogens is 283 g/mol. The monoisotopic (exact) mass is 302 g/mol. The van der Waals surface area contributed by atoms with Gasteiger partial charge in [-0.2, -0.15) is 0 Å². The van der Waals surface area contributed by atoms with Crippen LogP contribution in [0.25, 0.3) is 0 Å². The summed E-state index contributed by atoms with van der Waals surface area (Å²) in [5.41, 5.74) is 7.08. The topological polar surface area (TPSA) is 38.5 Å². The van der Waals surface area contributed by atoms with Gasteiger partial charge in [-0.15, -0.1) is 0 Å². The summed E-state index contributed by atoms with van der Waals surface area (Å²) < 4.78 is 5.66. The maximum atomic E-state index is 6.10. The molecule has 19 heavy (non-hydrogen) atoms. The molecule has 0 saturated carbocycles. The van der Waals surface area contributed by atoms with E-state index in [-0.39, 0.29) is 12.1 Å². The molecule has 0 radical (unpaired) electrons. The summed E-state index contributed by atoms with van der Waals surface area (Å²) in [6.45, 7) is 6.41. The van der Waals surface area contributed by atoms with Crippen molar-refractivity contribution in [1.82, 2.24) is 4.90 Å². The fraction of sp³-hybridized carbons (Fsp3) is 0.571. The van der Waals surface area contributed by atoms with Crippen LogP contribution in [0.3, 0.4) is 0 Å². The molecule has 0 aromatic heterocycles. The molecule has 5 heteroatoms. The number of nitrogens with zero attached hydrogens (tertiary/aromatic N) is 1. The van der Waals surface area contributed by atoms with Crippen molar-refractivity contribution < 1.29 is 4.74 Å². The number of morpholine rings is 1. The molecule has 1 aliphatic heterocycles. The van der Waals surface area contributed by atoms with Gasteiger partial charge in [0.05, 0.1) is 22.8 Å². The highest BCUT2D eigenvalue weighted by Gasteiger charge is 2.30. The van der Waals surface area contributed by atoms with Crippen molar-refractivity contribution in [3.63, 3.8) is 0 Å². The lowest BCUT2D eigenvalue weighted by atomic mass is 10.0.